The second-order valence-corrected chi connectivity index (χ2v) is 13.7. The third kappa shape index (κ3) is 16.4. The lowest BCUT2D eigenvalue weighted by Gasteiger charge is -2.25. The van der Waals surface area contributed by atoms with Crippen LogP contribution in [0.2, 0.25) is 0 Å². The van der Waals surface area contributed by atoms with Crippen LogP contribution in [0.5, 0.6) is 5.75 Å². The summed E-state index contributed by atoms with van der Waals surface area (Å²) in [7, 11) is -4.96. The van der Waals surface area contributed by atoms with Crippen LogP contribution in [0, 0.1) is 29.1 Å². The van der Waals surface area contributed by atoms with Crippen LogP contribution in [0.4, 0.5) is 22.0 Å². The Bertz CT molecular complexity index is 1240. The molecule has 7 nitrogen and oxygen atoms in total. The first kappa shape index (κ1) is 42.6. The summed E-state index contributed by atoms with van der Waals surface area (Å²) < 4.78 is 105. The van der Waals surface area contributed by atoms with Crippen LogP contribution in [-0.4, -0.2) is 38.4 Å². The Morgan fingerprint density at radius 2 is 1.16 bits per heavy atom. The molecule has 2 aromatic rings. The molecule has 0 aliphatic rings. The van der Waals surface area contributed by atoms with Crippen molar-refractivity contribution in [2.24, 2.45) is 0 Å². The summed E-state index contributed by atoms with van der Waals surface area (Å²) in [5, 5.41) is 2.30. The average Bonchev–Trinajstić information content (AvgIpc) is 3.09. The second kappa shape index (κ2) is 24.6. The van der Waals surface area contributed by atoms with Gasteiger partial charge >= 0.3 is 13.7 Å². The van der Waals surface area contributed by atoms with Gasteiger partial charge in [0.25, 0.3) is 0 Å². The summed E-state index contributed by atoms with van der Waals surface area (Å²) in [4.78, 5) is 12.8. The molecule has 0 aromatic heterocycles. The molecule has 2 atom stereocenters. The Kier molecular flexibility index (Phi) is 21.4. The van der Waals surface area contributed by atoms with E-state index in [1.165, 1.54) is 77.6 Å². The number of esters is 1. The van der Waals surface area contributed by atoms with E-state index in [4.69, 9.17) is 18.5 Å². The van der Waals surface area contributed by atoms with Crippen LogP contribution in [0.25, 0.3) is 0 Å². The predicted octanol–water partition coefficient (Wildman–Crippen LogP) is 10.5. The topological polar surface area (TPSA) is 83.1 Å². The van der Waals surface area contributed by atoms with Crippen molar-refractivity contribution in [3.05, 3.63) is 65.0 Å². The number of halogens is 5. The van der Waals surface area contributed by atoms with Crippen molar-refractivity contribution in [3.63, 3.8) is 0 Å². The van der Waals surface area contributed by atoms with Crippen molar-refractivity contribution in [3.8, 4) is 5.75 Å². The Labute approximate surface area is 288 Å². The van der Waals surface area contributed by atoms with E-state index < -0.39 is 54.6 Å². The van der Waals surface area contributed by atoms with Gasteiger partial charge in [-0.05, 0) is 31.7 Å². The number of carbonyl (C=O) groups excluding carboxylic acids is 1. The Morgan fingerprint density at radius 3 is 1.69 bits per heavy atom. The number of hydrogen-bond donors (Lipinski definition) is 1. The fraction of sp³-hybridized carbons (Fsp3) is 0.639. The molecule has 13 heteroatoms. The van der Waals surface area contributed by atoms with Gasteiger partial charge in [0.05, 0.1) is 13.2 Å². The van der Waals surface area contributed by atoms with Crippen LogP contribution in [0.15, 0.2) is 30.3 Å². The van der Waals surface area contributed by atoms with Crippen molar-refractivity contribution in [1.82, 2.24) is 5.09 Å². The summed E-state index contributed by atoms with van der Waals surface area (Å²) in [5.41, 5.74) is 0.590. The molecule has 0 bridgehead atoms. The van der Waals surface area contributed by atoms with Gasteiger partial charge in [0.15, 0.2) is 0 Å². The first-order valence-corrected chi connectivity index (χ1v) is 19.2. The monoisotopic (exact) mass is 721 g/mol. The molecule has 0 radical (unpaired) electrons. The van der Waals surface area contributed by atoms with Crippen molar-refractivity contribution in [1.29, 1.82) is 0 Å². The maximum atomic E-state index is 14.5. The molecule has 0 amide bonds. The Hall–Kier alpha value is -2.53. The van der Waals surface area contributed by atoms with E-state index in [1.54, 1.807) is 30.3 Å². The average molecular weight is 722 g/mol. The van der Waals surface area contributed by atoms with Crippen LogP contribution in [-0.2, 0) is 29.8 Å². The standard InChI is InChI=1S/C36H53F5NO6P/c1-3-5-6-7-8-9-10-11-12-13-14-15-16-20-24-45-25-21-26-47-49(44,48-35-33(40)31(38)30(37)32(39)34(35)41)42-29(36(43)46-4-2)27-28-22-18-17-19-23-28/h17-19,22-23,29H,3-16,20-21,24-27H2,1-2H3,(H,42,44)/t29-,49?/m1/s1. The van der Waals surface area contributed by atoms with E-state index in [9.17, 15) is 31.3 Å². The maximum Gasteiger partial charge on any atom is 0.459 e. The van der Waals surface area contributed by atoms with Crippen molar-refractivity contribution >= 4 is 13.7 Å². The van der Waals surface area contributed by atoms with Gasteiger partial charge in [0.2, 0.25) is 34.8 Å². The number of benzene rings is 2. The highest BCUT2D eigenvalue weighted by molar-refractivity contribution is 7.52. The zero-order valence-corrected chi connectivity index (χ0v) is 29.8. The van der Waals surface area contributed by atoms with Gasteiger partial charge < -0.3 is 14.0 Å². The number of carbonyl (C=O) groups is 1. The van der Waals surface area contributed by atoms with E-state index in [2.05, 4.69) is 12.0 Å². The Balaban J connectivity index is 1.85. The minimum absolute atomic E-state index is 0.0495. The minimum Gasteiger partial charge on any atom is -0.465 e. The van der Waals surface area contributed by atoms with E-state index in [0.717, 1.165) is 19.3 Å². The third-order valence-corrected chi connectivity index (χ3v) is 9.46. The summed E-state index contributed by atoms with van der Waals surface area (Å²) in [6.07, 6.45) is 17.4. The molecule has 0 fully saturated rings. The van der Waals surface area contributed by atoms with Gasteiger partial charge in [-0.1, -0.05) is 121 Å². The van der Waals surface area contributed by atoms with Crippen LogP contribution in [0.1, 0.15) is 116 Å². The molecule has 1 unspecified atom stereocenters. The molecule has 0 spiro atoms. The SMILES string of the molecule is CCCCCCCCCCCCCCCCOCCCOP(=O)(N[C@H](Cc1ccccc1)C(=O)OCC)Oc1c(F)c(F)c(F)c(F)c1F. The minimum atomic E-state index is -4.96. The molecule has 2 rings (SSSR count). The van der Waals surface area contributed by atoms with Crippen LogP contribution >= 0.6 is 7.75 Å². The lowest BCUT2D eigenvalue weighted by Crippen LogP contribution is -2.39. The van der Waals surface area contributed by atoms with E-state index >= 15 is 0 Å². The Morgan fingerprint density at radius 1 is 0.673 bits per heavy atom. The van der Waals surface area contributed by atoms with Crippen LogP contribution in [0.3, 0.4) is 0 Å². The highest BCUT2D eigenvalue weighted by Crippen LogP contribution is 2.47. The molecule has 0 aliphatic heterocycles. The molecule has 2 aromatic carbocycles. The van der Waals surface area contributed by atoms with Gasteiger partial charge in [-0.2, -0.15) is 13.9 Å². The van der Waals surface area contributed by atoms with E-state index in [-0.39, 0.29) is 32.7 Å². The zero-order chi connectivity index (χ0) is 35.9. The molecular formula is C36H53F5NO6P. The first-order chi connectivity index (χ1) is 23.6. The number of hydrogen-bond acceptors (Lipinski definition) is 6. The normalized spacial score (nSPS) is 13.3. The zero-order valence-electron chi connectivity index (χ0n) is 28.9. The number of nitrogens with one attached hydrogen (secondary N) is 1. The fourth-order valence-electron chi connectivity index (χ4n) is 5.19. The highest BCUT2D eigenvalue weighted by Gasteiger charge is 2.38. The summed E-state index contributed by atoms with van der Waals surface area (Å²) in [5.74, 6) is -14.4. The summed E-state index contributed by atoms with van der Waals surface area (Å²) >= 11 is 0. The first-order valence-electron chi connectivity index (χ1n) is 17.6. The molecule has 278 valence electrons. The molecule has 49 heavy (non-hydrogen) atoms. The lowest BCUT2D eigenvalue weighted by atomic mass is 10.0. The fourth-order valence-corrected chi connectivity index (χ4v) is 6.72. The van der Waals surface area contributed by atoms with Crippen molar-refractivity contribution in [2.75, 3.05) is 26.4 Å². The molecule has 0 heterocycles. The molecule has 0 aliphatic carbocycles. The van der Waals surface area contributed by atoms with Gasteiger partial charge in [-0.3, -0.25) is 9.32 Å². The smallest absolute Gasteiger partial charge is 0.459 e. The number of ether oxygens (including phenoxy) is 2. The van der Waals surface area contributed by atoms with Gasteiger partial charge in [0, 0.05) is 13.2 Å². The van der Waals surface area contributed by atoms with E-state index in [1.807, 2.05) is 0 Å². The van der Waals surface area contributed by atoms with E-state index in [0.29, 0.717) is 12.2 Å². The largest absolute Gasteiger partial charge is 0.465 e. The number of rotatable bonds is 28. The molecule has 0 saturated heterocycles. The quantitative estimate of drug-likeness (QED) is 0.0234. The summed E-state index contributed by atoms with van der Waals surface area (Å²) in [6.45, 7) is 4.06. The van der Waals surface area contributed by atoms with Crippen LogP contribution < -0.4 is 9.61 Å². The van der Waals surface area contributed by atoms with Gasteiger partial charge in [-0.15, -0.1) is 0 Å². The van der Waals surface area contributed by atoms with Gasteiger partial charge in [-0.25, -0.2) is 17.7 Å². The predicted molar refractivity (Wildman–Crippen MR) is 180 cm³/mol. The van der Waals surface area contributed by atoms with Crippen molar-refractivity contribution < 1.29 is 49.8 Å². The summed E-state index contributed by atoms with van der Waals surface area (Å²) in [6, 6.07) is 7.03. The molecular weight excluding hydrogens is 668 g/mol. The number of unbranched alkanes of at least 4 members (excludes halogenated alkanes) is 13. The maximum absolute atomic E-state index is 14.5. The molecule has 0 saturated carbocycles. The second-order valence-electron chi connectivity index (χ2n) is 12.0. The lowest BCUT2D eigenvalue weighted by molar-refractivity contribution is -0.145. The molecule has 1 N–H and O–H groups in total. The van der Waals surface area contributed by atoms with Gasteiger partial charge in [0.1, 0.15) is 6.04 Å². The third-order valence-electron chi connectivity index (χ3n) is 7.89. The highest BCUT2D eigenvalue weighted by atomic mass is 31.2. The van der Waals surface area contributed by atoms with Crippen molar-refractivity contribution in [2.45, 2.75) is 123 Å².